The van der Waals surface area contributed by atoms with Gasteiger partial charge in [0.25, 0.3) is 0 Å². The first kappa shape index (κ1) is 8.52. The zero-order chi connectivity index (χ0) is 8.39. The van der Waals surface area contributed by atoms with Gasteiger partial charge >= 0.3 is 0 Å². The largest absolute Gasteiger partial charge is 0.375 e. The van der Waals surface area contributed by atoms with Crippen molar-refractivity contribution in [2.75, 3.05) is 0 Å². The van der Waals surface area contributed by atoms with Gasteiger partial charge < -0.3 is 10.5 Å². The minimum Gasteiger partial charge on any atom is -0.375 e. The van der Waals surface area contributed by atoms with Crippen molar-refractivity contribution in [3.8, 4) is 0 Å². The van der Waals surface area contributed by atoms with Crippen molar-refractivity contribution in [2.45, 2.75) is 63.2 Å². The van der Waals surface area contributed by atoms with Crippen LogP contribution in [0.15, 0.2) is 0 Å². The highest BCUT2D eigenvalue weighted by atomic mass is 16.5. The topological polar surface area (TPSA) is 35.2 Å². The van der Waals surface area contributed by atoms with E-state index < -0.39 is 0 Å². The van der Waals surface area contributed by atoms with Crippen LogP contribution in [-0.2, 0) is 4.74 Å². The Labute approximate surface area is 74.5 Å². The zero-order valence-electron chi connectivity index (χ0n) is 7.67. The summed E-state index contributed by atoms with van der Waals surface area (Å²) in [4.78, 5) is 0. The third-order valence-electron chi connectivity index (χ3n) is 3.10. The first-order valence-corrected chi connectivity index (χ1v) is 5.25. The van der Waals surface area contributed by atoms with Crippen LogP contribution < -0.4 is 5.73 Å². The average molecular weight is 169 g/mol. The predicted molar refractivity (Wildman–Crippen MR) is 49.0 cm³/mol. The van der Waals surface area contributed by atoms with Crippen molar-refractivity contribution in [3.63, 3.8) is 0 Å². The van der Waals surface area contributed by atoms with Crippen LogP contribution in [0.1, 0.15) is 44.9 Å². The van der Waals surface area contributed by atoms with E-state index in [0.717, 1.165) is 6.42 Å². The molecule has 0 aliphatic heterocycles. The third kappa shape index (κ3) is 1.99. The summed E-state index contributed by atoms with van der Waals surface area (Å²) >= 11 is 0. The molecule has 0 aromatic rings. The van der Waals surface area contributed by atoms with Crippen LogP contribution >= 0.6 is 0 Å². The lowest BCUT2D eigenvalue weighted by Gasteiger charge is -2.34. The Bertz CT molecular complexity index is 145. The van der Waals surface area contributed by atoms with Crippen molar-refractivity contribution in [1.82, 2.24) is 0 Å². The summed E-state index contributed by atoms with van der Waals surface area (Å²) in [5.74, 6) is 0. The molecular formula is C10H19NO. The van der Waals surface area contributed by atoms with E-state index in [1.807, 2.05) is 0 Å². The molecule has 2 N–H and O–H groups in total. The Morgan fingerprint density at radius 2 is 1.58 bits per heavy atom. The third-order valence-corrected chi connectivity index (χ3v) is 3.10. The molecule has 2 rings (SSSR count). The standard InChI is InChI=1S/C10H19NO/c11-8-3-1-6-10(7-8)12-9-4-2-5-9/h8-10H,1-7,11H2/t8-,10+/m0/s1. The molecule has 0 saturated heterocycles. The molecule has 2 fully saturated rings. The molecule has 0 aromatic heterocycles. The Morgan fingerprint density at radius 1 is 0.917 bits per heavy atom. The van der Waals surface area contributed by atoms with Gasteiger partial charge in [-0.2, -0.15) is 0 Å². The van der Waals surface area contributed by atoms with Crippen molar-refractivity contribution >= 4 is 0 Å². The maximum atomic E-state index is 5.92. The minimum absolute atomic E-state index is 0.406. The van der Waals surface area contributed by atoms with E-state index in [1.54, 1.807) is 0 Å². The van der Waals surface area contributed by atoms with Crippen LogP contribution in [0.3, 0.4) is 0 Å². The summed E-state index contributed by atoms with van der Waals surface area (Å²) in [7, 11) is 0. The maximum absolute atomic E-state index is 5.92. The molecule has 0 amide bonds. The molecule has 0 radical (unpaired) electrons. The van der Waals surface area contributed by atoms with E-state index in [2.05, 4.69) is 0 Å². The summed E-state index contributed by atoms with van der Waals surface area (Å²) in [6, 6.07) is 0.406. The molecule has 2 nitrogen and oxygen atoms in total. The second kappa shape index (κ2) is 3.75. The molecular weight excluding hydrogens is 150 g/mol. The maximum Gasteiger partial charge on any atom is 0.0593 e. The molecule has 2 atom stereocenters. The van der Waals surface area contributed by atoms with Crippen LogP contribution in [0.2, 0.25) is 0 Å². The van der Waals surface area contributed by atoms with E-state index in [4.69, 9.17) is 10.5 Å². The summed E-state index contributed by atoms with van der Waals surface area (Å²) in [5, 5.41) is 0. The van der Waals surface area contributed by atoms with Gasteiger partial charge in [0.2, 0.25) is 0 Å². The Hall–Kier alpha value is -0.0800. The predicted octanol–water partition coefficient (Wildman–Crippen LogP) is 1.83. The molecule has 0 heterocycles. The Balaban J connectivity index is 1.71. The number of ether oxygens (including phenoxy) is 1. The lowest BCUT2D eigenvalue weighted by atomic mass is 9.91. The lowest BCUT2D eigenvalue weighted by molar-refractivity contribution is -0.0669. The molecule has 2 saturated carbocycles. The second-order valence-electron chi connectivity index (χ2n) is 4.24. The molecule has 0 unspecified atom stereocenters. The molecule has 12 heavy (non-hydrogen) atoms. The Kier molecular flexibility index (Phi) is 2.66. The Morgan fingerprint density at radius 3 is 2.17 bits per heavy atom. The van der Waals surface area contributed by atoms with Gasteiger partial charge in [0.05, 0.1) is 12.2 Å². The summed E-state index contributed by atoms with van der Waals surface area (Å²) < 4.78 is 5.92. The van der Waals surface area contributed by atoms with Crippen molar-refractivity contribution in [1.29, 1.82) is 0 Å². The zero-order valence-corrected chi connectivity index (χ0v) is 7.67. The van der Waals surface area contributed by atoms with Crippen molar-refractivity contribution in [3.05, 3.63) is 0 Å². The van der Waals surface area contributed by atoms with Gasteiger partial charge in [0.15, 0.2) is 0 Å². The van der Waals surface area contributed by atoms with E-state index >= 15 is 0 Å². The highest BCUT2D eigenvalue weighted by Gasteiger charge is 2.25. The van der Waals surface area contributed by atoms with Gasteiger partial charge in [0.1, 0.15) is 0 Å². The number of hydrogen-bond donors (Lipinski definition) is 1. The van der Waals surface area contributed by atoms with Crippen LogP contribution in [0.25, 0.3) is 0 Å². The fourth-order valence-corrected chi connectivity index (χ4v) is 2.08. The number of rotatable bonds is 2. The van der Waals surface area contributed by atoms with E-state index in [-0.39, 0.29) is 0 Å². The lowest BCUT2D eigenvalue weighted by Crippen LogP contribution is -2.36. The van der Waals surface area contributed by atoms with Gasteiger partial charge in [-0.3, -0.25) is 0 Å². The molecule has 0 spiro atoms. The monoisotopic (exact) mass is 169 g/mol. The summed E-state index contributed by atoms with van der Waals surface area (Å²) in [6.45, 7) is 0. The normalized spacial score (nSPS) is 37.8. The van der Waals surface area contributed by atoms with Crippen molar-refractivity contribution in [2.24, 2.45) is 5.73 Å². The number of hydrogen-bond acceptors (Lipinski definition) is 2. The van der Waals surface area contributed by atoms with Gasteiger partial charge in [-0.15, -0.1) is 0 Å². The van der Waals surface area contributed by atoms with E-state index in [0.29, 0.717) is 18.2 Å². The minimum atomic E-state index is 0.406. The second-order valence-corrected chi connectivity index (χ2v) is 4.24. The molecule has 0 bridgehead atoms. The quantitative estimate of drug-likeness (QED) is 0.684. The van der Waals surface area contributed by atoms with Gasteiger partial charge in [-0.25, -0.2) is 0 Å². The van der Waals surface area contributed by atoms with Gasteiger partial charge in [0, 0.05) is 6.04 Å². The fraction of sp³-hybridized carbons (Fsp3) is 1.00. The highest BCUT2D eigenvalue weighted by molar-refractivity contribution is 4.78. The van der Waals surface area contributed by atoms with Crippen LogP contribution in [-0.4, -0.2) is 18.2 Å². The first-order chi connectivity index (χ1) is 5.84. The average Bonchev–Trinajstić information content (AvgIpc) is 1.97. The molecule has 70 valence electrons. The smallest absolute Gasteiger partial charge is 0.0593 e. The summed E-state index contributed by atoms with van der Waals surface area (Å²) in [5.41, 5.74) is 5.88. The fourth-order valence-electron chi connectivity index (χ4n) is 2.08. The SMILES string of the molecule is N[C@H]1CCC[C@@H](OC2CCC2)C1. The van der Waals surface area contributed by atoms with Crippen LogP contribution in [0.4, 0.5) is 0 Å². The summed E-state index contributed by atoms with van der Waals surface area (Å²) in [6.07, 6.45) is 9.80. The van der Waals surface area contributed by atoms with Crippen LogP contribution in [0.5, 0.6) is 0 Å². The molecule has 2 aliphatic rings. The van der Waals surface area contributed by atoms with Crippen LogP contribution in [0, 0.1) is 0 Å². The highest BCUT2D eigenvalue weighted by Crippen LogP contribution is 2.28. The van der Waals surface area contributed by atoms with E-state index in [1.165, 1.54) is 38.5 Å². The van der Waals surface area contributed by atoms with Gasteiger partial charge in [-0.05, 0) is 44.9 Å². The number of nitrogens with two attached hydrogens (primary N) is 1. The molecule has 2 heteroatoms. The van der Waals surface area contributed by atoms with Gasteiger partial charge in [-0.1, -0.05) is 0 Å². The van der Waals surface area contributed by atoms with E-state index in [9.17, 15) is 0 Å². The first-order valence-electron chi connectivity index (χ1n) is 5.25. The molecule has 0 aromatic carbocycles. The van der Waals surface area contributed by atoms with Crippen molar-refractivity contribution < 1.29 is 4.74 Å². The molecule has 2 aliphatic carbocycles.